The summed E-state index contributed by atoms with van der Waals surface area (Å²) < 4.78 is 5.73. The first-order valence-corrected chi connectivity index (χ1v) is 6.04. The lowest BCUT2D eigenvalue weighted by atomic mass is 10.1. The van der Waals surface area contributed by atoms with Crippen LogP contribution >= 0.6 is 0 Å². The van der Waals surface area contributed by atoms with E-state index in [0.717, 1.165) is 5.56 Å². The molecule has 0 aliphatic heterocycles. The monoisotopic (exact) mass is 264 g/mol. The third-order valence-corrected chi connectivity index (χ3v) is 2.73. The van der Waals surface area contributed by atoms with Crippen LogP contribution in [0.3, 0.4) is 0 Å². The third kappa shape index (κ3) is 3.52. The highest BCUT2D eigenvalue weighted by Crippen LogP contribution is 2.22. The van der Waals surface area contributed by atoms with Gasteiger partial charge in [0.25, 0.3) is 0 Å². The van der Waals surface area contributed by atoms with E-state index in [2.05, 4.69) is 16.1 Å². The quantitative estimate of drug-likeness (QED) is 0.465. The molecule has 20 heavy (non-hydrogen) atoms. The minimum absolute atomic E-state index is 0.163. The van der Waals surface area contributed by atoms with Crippen molar-refractivity contribution in [3.63, 3.8) is 0 Å². The molecular weight excluding hydrogens is 252 g/mol. The Morgan fingerprint density at radius 1 is 1.20 bits per heavy atom. The van der Waals surface area contributed by atoms with Crippen LogP contribution in [0.1, 0.15) is 16.7 Å². The second kappa shape index (κ2) is 6.83. The lowest BCUT2D eigenvalue weighted by molar-refractivity contribution is 0.303. The highest BCUT2D eigenvalue weighted by Gasteiger charge is 2.05. The Balaban J connectivity index is 2.17. The first-order valence-electron chi connectivity index (χ1n) is 6.04. The first-order chi connectivity index (χ1) is 9.83. The summed E-state index contributed by atoms with van der Waals surface area (Å²) in [6.07, 6.45) is 0. The van der Waals surface area contributed by atoms with Crippen LogP contribution in [0.2, 0.25) is 0 Å². The van der Waals surface area contributed by atoms with Crippen molar-refractivity contribution in [2.45, 2.75) is 13.2 Å². The standard InChI is InChI=1S/C15H12N4O/c16-9-13-6-7-15(14(8-13)10-18-19-17)20-11-12-4-2-1-3-5-12/h1-8H,10-11H2. The summed E-state index contributed by atoms with van der Waals surface area (Å²) in [5, 5.41) is 12.4. The van der Waals surface area contributed by atoms with Gasteiger partial charge in [0.15, 0.2) is 0 Å². The van der Waals surface area contributed by atoms with Gasteiger partial charge in [0, 0.05) is 10.5 Å². The zero-order valence-corrected chi connectivity index (χ0v) is 10.7. The molecule has 0 heterocycles. The molecule has 0 saturated carbocycles. The molecule has 0 atom stereocenters. The lowest BCUT2D eigenvalue weighted by Gasteiger charge is -2.10. The number of nitriles is 1. The Kier molecular flexibility index (Phi) is 4.60. The number of rotatable bonds is 5. The molecule has 0 radical (unpaired) electrons. The molecule has 0 saturated heterocycles. The molecule has 0 fully saturated rings. The molecule has 0 bridgehead atoms. The molecule has 0 aromatic heterocycles. The minimum Gasteiger partial charge on any atom is -0.489 e. The van der Waals surface area contributed by atoms with Crippen LogP contribution in [0, 0.1) is 11.3 Å². The number of hydrogen-bond acceptors (Lipinski definition) is 3. The average Bonchev–Trinajstić information content (AvgIpc) is 2.52. The summed E-state index contributed by atoms with van der Waals surface area (Å²) in [7, 11) is 0. The summed E-state index contributed by atoms with van der Waals surface area (Å²) in [5.41, 5.74) is 10.7. The zero-order chi connectivity index (χ0) is 14.2. The van der Waals surface area contributed by atoms with Crippen LogP contribution in [0.4, 0.5) is 0 Å². The predicted octanol–water partition coefficient (Wildman–Crippen LogP) is 3.95. The molecule has 0 aliphatic rings. The van der Waals surface area contributed by atoms with E-state index in [-0.39, 0.29) is 6.54 Å². The Bertz CT molecular complexity index is 670. The SMILES string of the molecule is N#Cc1ccc(OCc2ccccc2)c(CN=[N+]=[N-])c1. The van der Waals surface area contributed by atoms with E-state index in [1.807, 2.05) is 30.3 Å². The van der Waals surface area contributed by atoms with Crippen molar-refractivity contribution in [3.8, 4) is 11.8 Å². The molecule has 2 aromatic carbocycles. The lowest BCUT2D eigenvalue weighted by Crippen LogP contribution is -1.98. The van der Waals surface area contributed by atoms with Crippen molar-refractivity contribution in [1.29, 1.82) is 5.26 Å². The largest absolute Gasteiger partial charge is 0.489 e. The second-order valence-electron chi connectivity index (χ2n) is 4.10. The fourth-order valence-corrected chi connectivity index (χ4v) is 1.76. The molecule has 0 amide bonds. The minimum atomic E-state index is 0.163. The fraction of sp³-hybridized carbons (Fsp3) is 0.133. The van der Waals surface area contributed by atoms with Crippen molar-refractivity contribution < 1.29 is 4.74 Å². The Morgan fingerprint density at radius 3 is 2.70 bits per heavy atom. The van der Waals surface area contributed by atoms with Gasteiger partial charge >= 0.3 is 0 Å². The normalized spacial score (nSPS) is 9.35. The highest BCUT2D eigenvalue weighted by molar-refractivity contribution is 5.42. The van der Waals surface area contributed by atoms with Crippen LogP contribution in [-0.2, 0) is 13.2 Å². The Hall–Kier alpha value is -2.96. The van der Waals surface area contributed by atoms with E-state index >= 15 is 0 Å². The van der Waals surface area contributed by atoms with Crippen molar-refractivity contribution >= 4 is 0 Å². The number of nitrogens with zero attached hydrogens (tertiary/aromatic N) is 4. The third-order valence-electron chi connectivity index (χ3n) is 2.73. The molecule has 0 aliphatic carbocycles. The smallest absolute Gasteiger partial charge is 0.123 e. The van der Waals surface area contributed by atoms with Crippen molar-refractivity contribution in [2.75, 3.05) is 0 Å². The molecule has 2 rings (SSSR count). The van der Waals surface area contributed by atoms with E-state index in [9.17, 15) is 0 Å². The molecule has 5 heteroatoms. The summed E-state index contributed by atoms with van der Waals surface area (Å²) in [4.78, 5) is 2.73. The van der Waals surface area contributed by atoms with Gasteiger partial charge in [0.05, 0.1) is 18.2 Å². The molecule has 0 spiro atoms. The predicted molar refractivity (Wildman–Crippen MR) is 74.8 cm³/mol. The molecule has 98 valence electrons. The van der Waals surface area contributed by atoms with E-state index in [1.54, 1.807) is 18.2 Å². The van der Waals surface area contributed by atoms with Gasteiger partial charge in [0.2, 0.25) is 0 Å². The molecule has 5 nitrogen and oxygen atoms in total. The van der Waals surface area contributed by atoms with Gasteiger partial charge in [-0.25, -0.2) is 0 Å². The van der Waals surface area contributed by atoms with Crippen LogP contribution < -0.4 is 4.74 Å². The maximum Gasteiger partial charge on any atom is 0.123 e. The van der Waals surface area contributed by atoms with Gasteiger partial charge in [-0.15, -0.1) is 0 Å². The Labute approximate surface area is 116 Å². The summed E-state index contributed by atoms with van der Waals surface area (Å²) >= 11 is 0. The van der Waals surface area contributed by atoms with Gasteiger partial charge in [-0.1, -0.05) is 35.4 Å². The number of hydrogen-bond donors (Lipinski definition) is 0. The summed E-state index contributed by atoms with van der Waals surface area (Å²) in [6.45, 7) is 0.589. The van der Waals surface area contributed by atoms with E-state index < -0.39 is 0 Å². The van der Waals surface area contributed by atoms with Crippen molar-refractivity contribution in [3.05, 3.63) is 75.7 Å². The maximum absolute atomic E-state index is 8.89. The summed E-state index contributed by atoms with van der Waals surface area (Å²) in [6, 6.07) is 16.9. The fourth-order valence-electron chi connectivity index (χ4n) is 1.76. The number of ether oxygens (including phenoxy) is 1. The van der Waals surface area contributed by atoms with Crippen LogP contribution in [-0.4, -0.2) is 0 Å². The molecular formula is C15H12N4O. The van der Waals surface area contributed by atoms with E-state index in [4.69, 9.17) is 15.5 Å². The van der Waals surface area contributed by atoms with Crippen LogP contribution in [0.15, 0.2) is 53.6 Å². The van der Waals surface area contributed by atoms with E-state index in [1.165, 1.54) is 0 Å². The van der Waals surface area contributed by atoms with Gasteiger partial charge < -0.3 is 4.74 Å². The topological polar surface area (TPSA) is 81.8 Å². The van der Waals surface area contributed by atoms with Crippen LogP contribution in [0.25, 0.3) is 10.4 Å². The molecule has 0 N–H and O–H groups in total. The van der Waals surface area contributed by atoms with Crippen molar-refractivity contribution in [1.82, 2.24) is 0 Å². The highest BCUT2D eigenvalue weighted by atomic mass is 16.5. The molecule has 2 aromatic rings. The number of azide groups is 1. The van der Waals surface area contributed by atoms with Gasteiger partial charge in [-0.05, 0) is 29.3 Å². The zero-order valence-electron chi connectivity index (χ0n) is 10.7. The van der Waals surface area contributed by atoms with Gasteiger partial charge in [-0.2, -0.15) is 5.26 Å². The number of benzene rings is 2. The maximum atomic E-state index is 8.89. The Morgan fingerprint density at radius 2 is 2.00 bits per heavy atom. The van der Waals surface area contributed by atoms with Crippen molar-refractivity contribution in [2.24, 2.45) is 5.11 Å². The van der Waals surface area contributed by atoms with Gasteiger partial charge in [0.1, 0.15) is 12.4 Å². The van der Waals surface area contributed by atoms with Gasteiger partial charge in [-0.3, -0.25) is 0 Å². The van der Waals surface area contributed by atoms with E-state index in [0.29, 0.717) is 23.5 Å². The average molecular weight is 264 g/mol. The summed E-state index contributed by atoms with van der Waals surface area (Å²) in [5.74, 6) is 0.625. The van der Waals surface area contributed by atoms with Crippen LogP contribution in [0.5, 0.6) is 5.75 Å². The first kappa shape index (κ1) is 13.5. The molecule has 0 unspecified atom stereocenters. The second-order valence-corrected chi connectivity index (χ2v) is 4.10.